The normalized spacial score (nSPS) is 11.2. The quantitative estimate of drug-likeness (QED) is 0.551. The molecule has 0 bridgehead atoms. The lowest BCUT2D eigenvalue weighted by Crippen LogP contribution is -2.03. The summed E-state index contributed by atoms with van der Waals surface area (Å²) >= 11 is 0. The molecular formula is C12H6F4N4. The van der Waals surface area contributed by atoms with Crippen molar-refractivity contribution in [2.24, 2.45) is 0 Å². The third-order valence-corrected chi connectivity index (χ3v) is 2.77. The fourth-order valence-electron chi connectivity index (χ4n) is 1.88. The summed E-state index contributed by atoms with van der Waals surface area (Å²) in [5.41, 5.74) is 4.89. The lowest BCUT2D eigenvalue weighted by molar-refractivity contribution is 0.496. The molecule has 3 aromatic rings. The summed E-state index contributed by atoms with van der Waals surface area (Å²) in [6.07, 6.45) is 1.11. The standard InChI is InChI=1S/C12H6F4N4/c13-6-2-8(15)7(14)1-5(6)10-3-9(16)11-4-18-12(17)19-20(10)11/h1-4H,(H2,17,19). The summed E-state index contributed by atoms with van der Waals surface area (Å²) in [5, 5.41) is 3.73. The molecule has 2 heterocycles. The van der Waals surface area contributed by atoms with Gasteiger partial charge in [0.1, 0.15) is 11.3 Å². The largest absolute Gasteiger partial charge is 0.367 e. The maximum Gasteiger partial charge on any atom is 0.238 e. The first kappa shape index (κ1) is 12.4. The first-order valence-electron chi connectivity index (χ1n) is 5.42. The second-order valence-corrected chi connectivity index (χ2v) is 4.04. The number of aromatic nitrogens is 3. The summed E-state index contributed by atoms with van der Waals surface area (Å²) in [7, 11) is 0. The molecule has 2 N–H and O–H groups in total. The Bertz CT molecular complexity index is 828. The minimum absolute atomic E-state index is 0.0571. The van der Waals surface area contributed by atoms with Gasteiger partial charge in [0.15, 0.2) is 17.5 Å². The topological polar surface area (TPSA) is 56.2 Å². The van der Waals surface area contributed by atoms with Crippen molar-refractivity contribution in [3.63, 3.8) is 0 Å². The van der Waals surface area contributed by atoms with E-state index in [0.29, 0.717) is 12.1 Å². The number of nitrogen functional groups attached to an aromatic ring is 1. The molecule has 0 spiro atoms. The van der Waals surface area contributed by atoms with Gasteiger partial charge in [0.25, 0.3) is 0 Å². The van der Waals surface area contributed by atoms with Crippen molar-refractivity contribution in [2.45, 2.75) is 0 Å². The molecule has 0 radical (unpaired) electrons. The van der Waals surface area contributed by atoms with Gasteiger partial charge in [0, 0.05) is 17.7 Å². The molecule has 0 amide bonds. The molecule has 0 aliphatic heterocycles. The van der Waals surface area contributed by atoms with Crippen LogP contribution in [0, 0.1) is 23.3 Å². The van der Waals surface area contributed by atoms with Gasteiger partial charge in [-0.05, 0) is 6.07 Å². The zero-order valence-corrected chi connectivity index (χ0v) is 9.74. The number of nitrogens with two attached hydrogens (primary N) is 1. The SMILES string of the molecule is Nc1ncc2c(F)cc(-c3cc(F)c(F)cc3F)n2n1. The third-order valence-electron chi connectivity index (χ3n) is 2.77. The van der Waals surface area contributed by atoms with E-state index in [1.165, 1.54) is 0 Å². The van der Waals surface area contributed by atoms with Gasteiger partial charge in [-0.1, -0.05) is 0 Å². The van der Waals surface area contributed by atoms with Crippen LogP contribution in [0.15, 0.2) is 24.4 Å². The second kappa shape index (κ2) is 4.19. The van der Waals surface area contributed by atoms with Crippen molar-refractivity contribution >= 4 is 11.5 Å². The van der Waals surface area contributed by atoms with Crippen LogP contribution in [0.2, 0.25) is 0 Å². The van der Waals surface area contributed by atoms with Crippen molar-refractivity contribution in [3.05, 3.63) is 47.7 Å². The van der Waals surface area contributed by atoms with E-state index in [1.807, 2.05) is 0 Å². The third kappa shape index (κ3) is 1.77. The Morgan fingerprint density at radius 2 is 1.60 bits per heavy atom. The van der Waals surface area contributed by atoms with Crippen molar-refractivity contribution in [2.75, 3.05) is 5.73 Å². The molecule has 8 heteroatoms. The van der Waals surface area contributed by atoms with Gasteiger partial charge >= 0.3 is 0 Å². The number of fused-ring (bicyclic) bond motifs is 1. The second-order valence-electron chi connectivity index (χ2n) is 4.04. The highest BCUT2D eigenvalue weighted by Crippen LogP contribution is 2.28. The van der Waals surface area contributed by atoms with Crippen molar-refractivity contribution < 1.29 is 17.6 Å². The van der Waals surface area contributed by atoms with E-state index in [1.54, 1.807) is 0 Å². The maximum atomic E-state index is 13.7. The number of hydrogen-bond donors (Lipinski definition) is 1. The molecule has 0 saturated carbocycles. The highest BCUT2D eigenvalue weighted by Gasteiger charge is 2.18. The maximum absolute atomic E-state index is 13.7. The van der Waals surface area contributed by atoms with Gasteiger partial charge in [-0.2, -0.15) is 0 Å². The van der Waals surface area contributed by atoms with Crippen LogP contribution in [0.4, 0.5) is 23.5 Å². The first-order chi connectivity index (χ1) is 9.47. The molecule has 0 unspecified atom stereocenters. The van der Waals surface area contributed by atoms with Crippen molar-refractivity contribution in [3.8, 4) is 11.3 Å². The summed E-state index contributed by atoms with van der Waals surface area (Å²) in [4.78, 5) is 3.61. The van der Waals surface area contributed by atoms with Crippen LogP contribution in [0.3, 0.4) is 0 Å². The van der Waals surface area contributed by atoms with E-state index in [4.69, 9.17) is 5.73 Å². The van der Waals surface area contributed by atoms with E-state index in [2.05, 4.69) is 10.1 Å². The zero-order valence-electron chi connectivity index (χ0n) is 9.74. The monoisotopic (exact) mass is 282 g/mol. The van der Waals surface area contributed by atoms with Gasteiger partial charge in [-0.15, -0.1) is 5.10 Å². The number of nitrogens with zero attached hydrogens (tertiary/aromatic N) is 3. The molecule has 4 nitrogen and oxygen atoms in total. The molecule has 0 fully saturated rings. The number of hydrogen-bond acceptors (Lipinski definition) is 3. The van der Waals surface area contributed by atoms with Gasteiger partial charge in [-0.3, -0.25) is 0 Å². The predicted molar refractivity (Wildman–Crippen MR) is 62.7 cm³/mol. The lowest BCUT2D eigenvalue weighted by atomic mass is 10.1. The summed E-state index contributed by atoms with van der Waals surface area (Å²) < 4.78 is 54.6. The molecule has 102 valence electrons. The van der Waals surface area contributed by atoms with E-state index < -0.39 is 23.3 Å². The highest BCUT2D eigenvalue weighted by atomic mass is 19.2. The van der Waals surface area contributed by atoms with Crippen LogP contribution < -0.4 is 5.73 Å². The van der Waals surface area contributed by atoms with Crippen molar-refractivity contribution in [1.29, 1.82) is 0 Å². The lowest BCUT2D eigenvalue weighted by Gasteiger charge is -2.04. The average molecular weight is 282 g/mol. The van der Waals surface area contributed by atoms with Crippen LogP contribution in [-0.2, 0) is 0 Å². The number of halogens is 4. The van der Waals surface area contributed by atoms with Crippen LogP contribution in [0.25, 0.3) is 16.8 Å². The molecule has 0 aliphatic rings. The van der Waals surface area contributed by atoms with E-state index >= 15 is 0 Å². The molecule has 0 saturated heterocycles. The Kier molecular flexibility index (Phi) is 2.60. The Morgan fingerprint density at radius 1 is 0.900 bits per heavy atom. The molecule has 0 aliphatic carbocycles. The Balaban J connectivity index is 2.35. The van der Waals surface area contributed by atoms with Crippen LogP contribution in [-0.4, -0.2) is 14.6 Å². The Labute approximate surface area is 109 Å². The van der Waals surface area contributed by atoms with Crippen molar-refractivity contribution in [1.82, 2.24) is 14.6 Å². The fourth-order valence-corrected chi connectivity index (χ4v) is 1.88. The van der Waals surface area contributed by atoms with Crippen LogP contribution in [0.5, 0.6) is 0 Å². The molecule has 1 aromatic carbocycles. The van der Waals surface area contributed by atoms with Crippen LogP contribution in [0.1, 0.15) is 0 Å². The average Bonchev–Trinajstić information content (AvgIpc) is 2.70. The van der Waals surface area contributed by atoms with Gasteiger partial charge in [0.05, 0.1) is 11.9 Å². The van der Waals surface area contributed by atoms with Gasteiger partial charge < -0.3 is 5.73 Å². The summed E-state index contributed by atoms with van der Waals surface area (Å²) in [6.45, 7) is 0. The Morgan fingerprint density at radius 3 is 2.35 bits per heavy atom. The smallest absolute Gasteiger partial charge is 0.238 e. The Hall–Kier alpha value is -2.64. The van der Waals surface area contributed by atoms with Gasteiger partial charge in [-0.25, -0.2) is 27.1 Å². The molecule has 20 heavy (non-hydrogen) atoms. The number of rotatable bonds is 1. The molecule has 2 aromatic heterocycles. The highest BCUT2D eigenvalue weighted by molar-refractivity contribution is 5.67. The first-order valence-corrected chi connectivity index (χ1v) is 5.42. The fraction of sp³-hybridized carbons (Fsp3) is 0. The van der Waals surface area contributed by atoms with E-state index in [9.17, 15) is 17.6 Å². The van der Waals surface area contributed by atoms with Gasteiger partial charge in [0.2, 0.25) is 5.95 Å². The minimum atomic E-state index is -1.33. The van der Waals surface area contributed by atoms with Crippen LogP contribution >= 0.6 is 0 Å². The van der Waals surface area contributed by atoms with E-state index in [-0.39, 0.29) is 22.7 Å². The van der Waals surface area contributed by atoms with E-state index in [0.717, 1.165) is 16.8 Å². The molecular weight excluding hydrogens is 276 g/mol. The number of benzene rings is 1. The summed E-state index contributed by atoms with van der Waals surface area (Å²) in [5.74, 6) is -4.53. The number of anilines is 1. The minimum Gasteiger partial charge on any atom is -0.367 e. The molecule has 0 atom stereocenters. The molecule has 3 rings (SSSR count). The zero-order chi connectivity index (χ0) is 14.4. The summed E-state index contributed by atoms with van der Waals surface area (Å²) in [6, 6.07) is 1.95. The predicted octanol–water partition coefficient (Wildman–Crippen LogP) is 2.53.